The number of nitrogens with zero attached hydrogens (tertiary/aromatic N) is 2. The maximum absolute atomic E-state index is 13.3. The van der Waals surface area contributed by atoms with E-state index in [9.17, 15) is 19.5 Å². The minimum atomic E-state index is -1.20. The summed E-state index contributed by atoms with van der Waals surface area (Å²) in [4.78, 5) is 42.1. The van der Waals surface area contributed by atoms with E-state index in [2.05, 4.69) is 4.98 Å². The molecule has 3 aromatic rings. The van der Waals surface area contributed by atoms with Gasteiger partial charge in [-0.1, -0.05) is 60.7 Å². The van der Waals surface area contributed by atoms with Crippen LogP contribution < -0.4 is 5.73 Å². The Morgan fingerprint density at radius 1 is 0.935 bits per heavy atom. The maximum atomic E-state index is 13.3. The second kappa shape index (κ2) is 10.2. The molecule has 1 aromatic heterocycles. The smallest absolute Gasteiger partial charge is 0.326 e. The van der Waals surface area contributed by atoms with Crippen molar-refractivity contribution < 1.29 is 19.5 Å². The molecule has 3 N–H and O–H groups in total. The molecule has 158 valence electrons. The summed E-state index contributed by atoms with van der Waals surface area (Å²) in [6.07, 6.45) is 1.23. The second-order valence-electron chi connectivity index (χ2n) is 7.08. The van der Waals surface area contributed by atoms with Crippen LogP contribution in [0, 0.1) is 0 Å². The van der Waals surface area contributed by atoms with E-state index >= 15 is 0 Å². The second-order valence-corrected chi connectivity index (χ2v) is 7.08. The summed E-state index contributed by atoms with van der Waals surface area (Å²) >= 11 is 0. The predicted octanol–water partition coefficient (Wildman–Crippen LogP) is 3.11. The number of pyridine rings is 1. The van der Waals surface area contributed by atoms with E-state index in [1.54, 1.807) is 12.1 Å². The van der Waals surface area contributed by atoms with Gasteiger partial charge in [0.25, 0.3) is 5.91 Å². The third-order valence-electron chi connectivity index (χ3n) is 4.86. The zero-order valence-electron chi connectivity index (χ0n) is 16.8. The summed E-state index contributed by atoms with van der Waals surface area (Å²) in [7, 11) is 0. The number of rotatable bonds is 9. The Morgan fingerprint density at radius 2 is 1.58 bits per heavy atom. The number of carboxylic acid groups (broad SMARTS) is 1. The molecule has 2 amide bonds. The fourth-order valence-electron chi connectivity index (χ4n) is 3.26. The minimum Gasteiger partial charge on any atom is -0.480 e. The normalized spacial score (nSPS) is 11.5. The van der Waals surface area contributed by atoms with Crippen molar-refractivity contribution in [3.05, 3.63) is 90.1 Å². The molecule has 0 unspecified atom stereocenters. The number of hydrogen-bond donors (Lipinski definition) is 2. The van der Waals surface area contributed by atoms with Gasteiger partial charge < -0.3 is 15.7 Å². The van der Waals surface area contributed by atoms with Gasteiger partial charge in [-0.2, -0.15) is 0 Å². The zero-order valence-corrected chi connectivity index (χ0v) is 16.8. The number of primary amides is 1. The van der Waals surface area contributed by atoms with Crippen molar-refractivity contribution in [3.8, 4) is 11.3 Å². The van der Waals surface area contributed by atoms with Crippen LogP contribution >= 0.6 is 0 Å². The molecule has 1 atom stereocenters. The van der Waals surface area contributed by atoms with Crippen molar-refractivity contribution >= 4 is 17.8 Å². The van der Waals surface area contributed by atoms with E-state index in [1.165, 1.54) is 11.1 Å². The van der Waals surface area contributed by atoms with E-state index in [-0.39, 0.29) is 24.9 Å². The van der Waals surface area contributed by atoms with Crippen molar-refractivity contribution in [3.63, 3.8) is 0 Å². The molecule has 0 saturated carbocycles. The van der Waals surface area contributed by atoms with Crippen molar-refractivity contribution in [2.24, 2.45) is 5.73 Å². The zero-order chi connectivity index (χ0) is 22.2. The lowest BCUT2D eigenvalue weighted by Gasteiger charge is -2.29. The maximum Gasteiger partial charge on any atom is 0.326 e. The first-order valence-electron chi connectivity index (χ1n) is 9.83. The van der Waals surface area contributed by atoms with Gasteiger partial charge in [0.05, 0.1) is 11.3 Å². The van der Waals surface area contributed by atoms with Crippen molar-refractivity contribution in [2.75, 3.05) is 0 Å². The number of carbonyl (C=O) groups is 3. The van der Waals surface area contributed by atoms with Gasteiger partial charge >= 0.3 is 5.97 Å². The van der Waals surface area contributed by atoms with Crippen LogP contribution in [-0.2, 0) is 16.1 Å². The Labute approximate surface area is 180 Å². The van der Waals surface area contributed by atoms with Gasteiger partial charge in [0.15, 0.2) is 0 Å². The molecular formula is C24H23N3O4. The largest absolute Gasteiger partial charge is 0.480 e. The summed E-state index contributed by atoms with van der Waals surface area (Å²) < 4.78 is 0. The van der Waals surface area contributed by atoms with Crippen molar-refractivity contribution in [1.82, 2.24) is 9.88 Å². The van der Waals surface area contributed by atoms with E-state index in [0.717, 1.165) is 11.1 Å². The van der Waals surface area contributed by atoms with Gasteiger partial charge in [-0.3, -0.25) is 14.6 Å². The number of carboxylic acids is 1. The fourth-order valence-corrected chi connectivity index (χ4v) is 3.26. The SMILES string of the molecule is NC(=O)CC[C@@H](C(=O)O)N(Cc1ccccc1)C(=O)c1ccc(-c2ccccc2)nc1. The number of nitrogens with two attached hydrogens (primary N) is 1. The molecule has 0 radical (unpaired) electrons. The van der Waals surface area contributed by atoms with Crippen molar-refractivity contribution in [1.29, 1.82) is 0 Å². The van der Waals surface area contributed by atoms with Crippen LogP contribution in [0.15, 0.2) is 79.0 Å². The molecule has 2 aromatic carbocycles. The Hall–Kier alpha value is -4.00. The summed E-state index contributed by atoms with van der Waals surface area (Å²) in [6, 6.07) is 20.8. The highest BCUT2D eigenvalue weighted by molar-refractivity contribution is 5.96. The number of aromatic nitrogens is 1. The van der Waals surface area contributed by atoms with E-state index in [1.807, 2.05) is 60.7 Å². The fraction of sp³-hybridized carbons (Fsp3) is 0.167. The lowest BCUT2D eigenvalue weighted by Crippen LogP contribution is -2.45. The monoisotopic (exact) mass is 417 g/mol. The third kappa shape index (κ3) is 5.76. The summed E-state index contributed by atoms with van der Waals surface area (Å²) in [5, 5.41) is 9.76. The molecule has 3 rings (SSSR count). The Balaban J connectivity index is 1.90. The van der Waals surface area contributed by atoms with Gasteiger partial charge in [-0.25, -0.2) is 4.79 Å². The molecule has 7 nitrogen and oxygen atoms in total. The average Bonchev–Trinajstić information content (AvgIpc) is 2.79. The Kier molecular flexibility index (Phi) is 7.11. The van der Waals surface area contributed by atoms with E-state index < -0.39 is 23.8 Å². The Morgan fingerprint density at radius 3 is 2.13 bits per heavy atom. The highest BCUT2D eigenvalue weighted by Crippen LogP contribution is 2.20. The number of benzene rings is 2. The van der Waals surface area contributed by atoms with Crippen molar-refractivity contribution in [2.45, 2.75) is 25.4 Å². The standard InChI is InChI=1S/C24H23N3O4/c25-22(28)14-13-21(24(30)31)27(16-17-7-3-1-4-8-17)23(29)19-11-12-20(26-15-19)18-9-5-2-6-10-18/h1-12,15,21H,13-14,16H2,(H2,25,28)(H,30,31)/t21-/m0/s1. The lowest BCUT2D eigenvalue weighted by atomic mass is 10.1. The number of amides is 2. The van der Waals surface area contributed by atoms with Crippen LogP contribution in [-0.4, -0.2) is 38.8 Å². The van der Waals surface area contributed by atoms with Gasteiger partial charge in [0, 0.05) is 24.7 Å². The van der Waals surface area contributed by atoms with Crippen LogP contribution in [0.3, 0.4) is 0 Å². The Bertz CT molecular complexity index is 1040. The minimum absolute atomic E-state index is 0.0707. The number of carbonyl (C=O) groups excluding carboxylic acids is 2. The molecule has 0 bridgehead atoms. The first kappa shape index (κ1) is 21.7. The van der Waals surface area contributed by atoms with Gasteiger partial charge in [0.2, 0.25) is 5.91 Å². The molecule has 0 aliphatic carbocycles. The molecule has 0 aliphatic heterocycles. The molecule has 0 aliphatic rings. The summed E-state index contributed by atoms with van der Waals surface area (Å²) in [6.45, 7) is 0.0792. The van der Waals surface area contributed by atoms with Gasteiger partial charge in [-0.05, 0) is 24.1 Å². The quantitative estimate of drug-likeness (QED) is 0.555. The van der Waals surface area contributed by atoms with Crippen LogP contribution in [0.1, 0.15) is 28.8 Å². The third-order valence-corrected chi connectivity index (χ3v) is 4.86. The number of hydrogen-bond acceptors (Lipinski definition) is 4. The van der Waals surface area contributed by atoms with Crippen LogP contribution in [0.4, 0.5) is 0 Å². The summed E-state index contributed by atoms with van der Waals surface area (Å²) in [5.74, 6) is -2.29. The molecular weight excluding hydrogens is 394 g/mol. The van der Waals surface area contributed by atoms with E-state index in [0.29, 0.717) is 5.69 Å². The van der Waals surface area contributed by atoms with Crippen LogP contribution in [0.5, 0.6) is 0 Å². The topological polar surface area (TPSA) is 114 Å². The summed E-state index contributed by atoms with van der Waals surface area (Å²) in [5.41, 5.74) is 7.86. The number of aliphatic carboxylic acids is 1. The van der Waals surface area contributed by atoms with Crippen LogP contribution in [0.25, 0.3) is 11.3 Å². The van der Waals surface area contributed by atoms with Gasteiger partial charge in [-0.15, -0.1) is 0 Å². The molecule has 0 saturated heterocycles. The van der Waals surface area contributed by atoms with Gasteiger partial charge in [0.1, 0.15) is 6.04 Å². The first-order valence-corrected chi connectivity index (χ1v) is 9.83. The molecule has 0 fully saturated rings. The lowest BCUT2D eigenvalue weighted by molar-refractivity contribution is -0.143. The first-order chi connectivity index (χ1) is 15.0. The molecule has 0 spiro atoms. The highest BCUT2D eigenvalue weighted by Gasteiger charge is 2.31. The molecule has 1 heterocycles. The highest BCUT2D eigenvalue weighted by atomic mass is 16.4. The predicted molar refractivity (Wildman–Crippen MR) is 116 cm³/mol. The van der Waals surface area contributed by atoms with Crippen LogP contribution in [0.2, 0.25) is 0 Å². The molecule has 7 heteroatoms. The molecule has 31 heavy (non-hydrogen) atoms. The van der Waals surface area contributed by atoms with E-state index in [4.69, 9.17) is 5.73 Å². The average molecular weight is 417 g/mol.